The number of likely N-dealkylation sites (tertiary alicyclic amines) is 1. The molecule has 1 aromatic rings. The maximum Gasteiger partial charge on any atom is 0.416 e. The SMILES string of the molecule is CN1CC(CN)CC1c1ccc(Cl)cc1C(F)(F)F. The zero-order valence-corrected chi connectivity index (χ0v) is 11.3. The zero-order chi connectivity index (χ0) is 14.2. The maximum atomic E-state index is 13.1. The largest absolute Gasteiger partial charge is 0.416 e. The number of hydrogen-bond acceptors (Lipinski definition) is 2. The van der Waals surface area contributed by atoms with Crippen molar-refractivity contribution in [1.29, 1.82) is 0 Å². The van der Waals surface area contributed by atoms with Crippen LogP contribution in [0.2, 0.25) is 5.02 Å². The Balaban J connectivity index is 2.40. The normalized spacial score (nSPS) is 24.9. The fraction of sp³-hybridized carbons (Fsp3) is 0.538. The summed E-state index contributed by atoms with van der Waals surface area (Å²) < 4.78 is 39.3. The van der Waals surface area contributed by atoms with Crippen LogP contribution in [0, 0.1) is 5.92 Å². The molecular weight excluding hydrogens is 277 g/mol. The van der Waals surface area contributed by atoms with E-state index in [0.717, 1.165) is 12.6 Å². The van der Waals surface area contributed by atoms with Crippen LogP contribution in [0.3, 0.4) is 0 Å². The zero-order valence-electron chi connectivity index (χ0n) is 10.5. The molecule has 2 rings (SSSR count). The molecule has 2 atom stereocenters. The van der Waals surface area contributed by atoms with Crippen molar-refractivity contribution in [2.24, 2.45) is 11.7 Å². The van der Waals surface area contributed by atoms with Crippen molar-refractivity contribution in [3.63, 3.8) is 0 Å². The average molecular weight is 293 g/mol. The number of alkyl halides is 3. The van der Waals surface area contributed by atoms with Crippen molar-refractivity contribution in [1.82, 2.24) is 4.90 Å². The lowest BCUT2D eigenvalue weighted by Crippen LogP contribution is -2.22. The van der Waals surface area contributed by atoms with Gasteiger partial charge < -0.3 is 5.73 Å². The lowest BCUT2D eigenvalue weighted by molar-refractivity contribution is -0.138. The summed E-state index contributed by atoms with van der Waals surface area (Å²) in [6.07, 6.45) is -3.74. The fourth-order valence-corrected chi connectivity index (χ4v) is 2.88. The van der Waals surface area contributed by atoms with E-state index in [4.69, 9.17) is 17.3 Å². The number of nitrogens with two attached hydrogens (primary N) is 1. The molecule has 0 spiro atoms. The van der Waals surface area contributed by atoms with Crippen molar-refractivity contribution in [3.8, 4) is 0 Å². The first-order valence-electron chi connectivity index (χ1n) is 6.10. The van der Waals surface area contributed by atoms with Crippen molar-refractivity contribution < 1.29 is 13.2 Å². The van der Waals surface area contributed by atoms with Crippen molar-refractivity contribution >= 4 is 11.6 Å². The molecule has 1 fully saturated rings. The number of halogens is 4. The van der Waals surface area contributed by atoms with Gasteiger partial charge in [-0.15, -0.1) is 0 Å². The van der Waals surface area contributed by atoms with Gasteiger partial charge in [-0.2, -0.15) is 13.2 Å². The van der Waals surface area contributed by atoms with Crippen LogP contribution >= 0.6 is 11.6 Å². The van der Waals surface area contributed by atoms with Gasteiger partial charge in [0, 0.05) is 17.6 Å². The monoisotopic (exact) mass is 292 g/mol. The summed E-state index contributed by atoms with van der Waals surface area (Å²) in [6, 6.07) is 3.74. The van der Waals surface area contributed by atoms with Gasteiger partial charge in [0.1, 0.15) is 0 Å². The Morgan fingerprint density at radius 2 is 2.11 bits per heavy atom. The lowest BCUT2D eigenvalue weighted by atomic mass is 9.95. The molecule has 1 aromatic carbocycles. The lowest BCUT2D eigenvalue weighted by Gasteiger charge is -2.23. The highest BCUT2D eigenvalue weighted by molar-refractivity contribution is 6.30. The molecule has 0 saturated carbocycles. The van der Waals surface area contributed by atoms with Crippen LogP contribution in [-0.2, 0) is 6.18 Å². The minimum Gasteiger partial charge on any atom is -0.330 e. The number of hydrogen-bond donors (Lipinski definition) is 1. The van der Waals surface area contributed by atoms with Crippen LogP contribution in [0.4, 0.5) is 13.2 Å². The van der Waals surface area contributed by atoms with E-state index >= 15 is 0 Å². The van der Waals surface area contributed by atoms with Gasteiger partial charge in [-0.25, -0.2) is 0 Å². The van der Waals surface area contributed by atoms with E-state index < -0.39 is 11.7 Å². The van der Waals surface area contributed by atoms with Gasteiger partial charge in [-0.3, -0.25) is 4.90 Å². The molecule has 0 bridgehead atoms. The molecule has 0 amide bonds. The van der Waals surface area contributed by atoms with E-state index in [2.05, 4.69) is 0 Å². The second-order valence-corrected chi connectivity index (χ2v) is 5.46. The molecule has 19 heavy (non-hydrogen) atoms. The Kier molecular flexibility index (Phi) is 4.08. The maximum absolute atomic E-state index is 13.1. The molecule has 6 heteroatoms. The molecule has 106 valence electrons. The van der Waals surface area contributed by atoms with Crippen LogP contribution in [0.1, 0.15) is 23.6 Å². The third kappa shape index (κ3) is 3.04. The predicted molar refractivity (Wildman–Crippen MR) is 69.0 cm³/mol. The van der Waals surface area contributed by atoms with E-state index in [1.165, 1.54) is 12.1 Å². The first kappa shape index (κ1) is 14.6. The van der Waals surface area contributed by atoms with Crippen LogP contribution in [0.15, 0.2) is 18.2 Å². The van der Waals surface area contributed by atoms with Crippen molar-refractivity contribution in [2.45, 2.75) is 18.6 Å². The molecule has 1 saturated heterocycles. The Labute approximate surface area is 115 Å². The van der Waals surface area contributed by atoms with Gasteiger partial charge in [-0.1, -0.05) is 17.7 Å². The highest BCUT2D eigenvalue weighted by Crippen LogP contribution is 2.41. The summed E-state index contributed by atoms with van der Waals surface area (Å²) in [5.41, 5.74) is 5.26. The number of benzene rings is 1. The summed E-state index contributed by atoms with van der Waals surface area (Å²) >= 11 is 5.69. The first-order valence-corrected chi connectivity index (χ1v) is 6.47. The molecule has 1 aliphatic heterocycles. The molecule has 2 unspecified atom stereocenters. The number of nitrogens with zero attached hydrogens (tertiary/aromatic N) is 1. The van der Waals surface area contributed by atoms with Crippen LogP contribution in [0.25, 0.3) is 0 Å². The summed E-state index contributed by atoms with van der Waals surface area (Å²) in [5.74, 6) is 0.242. The summed E-state index contributed by atoms with van der Waals surface area (Å²) in [4.78, 5) is 1.93. The Hall–Kier alpha value is -0.780. The fourth-order valence-electron chi connectivity index (χ4n) is 2.70. The third-order valence-electron chi connectivity index (χ3n) is 3.65. The smallest absolute Gasteiger partial charge is 0.330 e. The Bertz CT molecular complexity index is 462. The minimum atomic E-state index is -4.39. The van der Waals surface area contributed by atoms with Gasteiger partial charge in [0.05, 0.1) is 5.56 Å². The third-order valence-corrected chi connectivity index (χ3v) is 3.88. The van der Waals surface area contributed by atoms with Crippen molar-refractivity contribution in [2.75, 3.05) is 20.1 Å². The van der Waals surface area contributed by atoms with Gasteiger partial charge >= 0.3 is 6.18 Å². The standard InChI is InChI=1S/C13H16ClF3N2/c1-19-7-8(6-18)4-12(19)10-3-2-9(14)5-11(10)13(15,16)17/h2-3,5,8,12H,4,6-7,18H2,1H3. The Morgan fingerprint density at radius 1 is 1.42 bits per heavy atom. The van der Waals surface area contributed by atoms with E-state index in [-0.39, 0.29) is 22.5 Å². The highest BCUT2D eigenvalue weighted by atomic mass is 35.5. The van der Waals surface area contributed by atoms with Crippen LogP contribution in [0.5, 0.6) is 0 Å². The summed E-state index contributed by atoms with van der Waals surface area (Å²) in [6.45, 7) is 1.22. The van der Waals surface area contributed by atoms with E-state index in [1.54, 1.807) is 0 Å². The van der Waals surface area contributed by atoms with Crippen LogP contribution in [-0.4, -0.2) is 25.0 Å². The van der Waals surface area contributed by atoms with Gasteiger partial charge in [0.15, 0.2) is 0 Å². The van der Waals surface area contributed by atoms with E-state index in [1.807, 2.05) is 11.9 Å². The highest BCUT2D eigenvalue weighted by Gasteiger charge is 2.39. The molecule has 2 nitrogen and oxygen atoms in total. The van der Waals surface area contributed by atoms with E-state index in [9.17, 15) is 13.2 Å². The van der Waals surface area contributed by atoms with Gasteiger partial charge in [0.25, 0.3) is 0 Å². The first-order chi connectivity index (χ1) is 8.82. The van der Waals surface area contributed by atoms with Crippen molar-refractivity contribution in [3.05, 3.63) is 34.3 Å². The van der Waals surface area contributed by atoms with Crippen LogP contribution < -0.4 is 5.73 Å². The molecule has 0 aromatic heterocycles. The van der Waals surface area contributed by atoms with E-state index in [0.29, 0.717) is 13.0 Å². The van der Waals surface area contributed by atoms with Gasteiger partial charge in [-0.05, 0) is 43.6 Å². The minimum absolute atomic E-state index is 0.104. The number of rotatable bonds is 2. The quantitative estimate of drug-likeness (QED) is 0.906. The predicted octanol–water partition coefficient (Wildman–Crippen LogP) is 3.31. The molecule has 2 N–H and O–H groups in total. The molecule has 1 heterocycles. The molecule has 0 aliphatic carbocycles. The second-order valence-electron chi connectivity index (χ2n) is 5.02. The Morgan fingerprint density at radius 3 is 2.63 bits per heavy atom. The average Bonchev–Trinajstić information content (AvgIpc) is 2.69. The summed E-state index contributed by atoms with van der Waals surface area (Å²) in [7, 11) is 1.83. The molecule has 1 aliphatic rings. The van der Waals surface area contributed by atoms with Gasteiger partial charge in [0.2, 0.25) is 0 Å². The summed E-state index contributed by atoms with van der Waals surface area (Å²) in [5, 5.41) is 0.104. The molecule has 0 radical (unpaired) electrons. The molecular formula is C13H16ClF3N2. The second kappa shape index (κ2) is 5.31. The topological polar surface area (TPSA) is 29.3 Å².